The molecule has 0 aliphatic carbocycles. The van der Waals surface area contributed by atoms with E-state index in [1.54, 1.807) is 32.4 Å². The first-order chi connectivity index (χ1) is 12.2. The summed E-state index contributed by atoms with van der Waals surface area (Å²) in [5.41, 5.74) is 1.64. The van der Waals surface area contributed by atoms with Crippen LogP contribution in [0.15, 0.2) is 42.5 Å². The van der Waals surface area contributed by atoms with Gasteiger partial charge in [-0.15, -0.1) is 0 Å². The fourth-order valence-corrected chi connectivity index (χ4v) is 2.60. The van der Waals surface area contributed by atoms with Gasteiger partial charge in [-0.2, -0.15) is 0 Å². The van der Waals surface area contributed by atoms with Crippen molar-refractivity contribution >= 4 is 5.78 Å². The molecule has 0 aromatic heterocycles. The van der Waals surface area contributed by atoms with E-state index in [2.05, 4.69) is 0 Å². The second kappa shape index (κ2) is 8.03. The van der Waals surface area contributed by atoms with E-state index in [9.17, 15) is 4.79 Å². The quantitative estimate of drug-likeness (QED) is 0.517. The third kappa shape index (κ3) is 4.51. The van der Waals surface area contributed by atoms with E-state index in [1.807, 2.05) is 24.3 Å². The molecule has 1 unspecified atom stereocenters. The summed E-state index contributed by atoms with van der Waals surface area (Å²) in [6, 6.07) is 13.0. The molecular formula is C20H22O5. The first-order valence-corrected chi connectivity index (χ1v) is 8.29. The lowest BCUT2D eigenvalue weighted by Gasteiger charge is -2.11. The topological polar surface area (TPSA) is 57.3 Å². The molecule has 0 amide bonds. The summed E-state index contributed by atoms with van der Waals surface area (Å²) >= 11 is 0. The van der Waals surface area contributed by atoms with Crippen LogP contribution in [0.2, 0.25) is 0 Å². The van der Waals surface area contributed by atoms with Gasteiger partial charge in [0.2, 0.25) is 0 Å². The molecule has 1 saturated heterocycles. The normalized spacial score (nSPS) is 15.5. The monoisotopic (exact) mass is 342 g/mol. The van der Waals surface area contributed by atoms with E-state index in [1.165, 1.54) is 0 Å². The van der Waals surface area contributed by atoms with Gasteiger partial charge in [-0.3, -0.25) is 4.79 Å². The van der Waals surface area contributed by atoms with E-state index < -0.39 is 0 Å². The molecule has 132 valence electrons. The second-order valence-electron chi connectivity index (χ2n) is 5.87. The Morgan fingerprint density at radius 1 is 1.08 bits per heavy atom. The second-order valence-corrected chi connectivity index (χ2v) is 5.87. The first kappa shape index (κ1) is 17.3. The Hall–Kier alpha value is -2.53. The predicted octanol–water partition coefficient (Wildman–Crippen LogP) is 3.30. The number of epoxide rings is 1. The van der Waals surface area contributed by atoms with E-state index in [-0.39, 0.29) is 11.9 Å². The molecule has 25 heavy (non-hydrogen) atoms. The Kier molecular flexibility index (Phi) is 5.56. The molecule has 1 aliphatic heterocycles. The van der Waals surface area contributed by atoms with Crippen LogP contribution >= 0.6 is 0 Å². The zero-order valence-electron chi connectivity index (χ0n) is 14.5. The van der Waals surface area contributed by atoms with Crippen LogP contribution in [0.5, 0.6) is 17.2 Å². The summed E-state index contributed by atoms with van der Waals surface area (Å²) in [5, 5.41) is 0. The van der Waals surface area contributed by atoms with Gasteiger partial charge in [0.15, 0.2) is 17.3 Å². The number of hydrogen-bond acceptors (Lipinski definition) is 5. The zero-order chi connectivity index (χ0) is 17.6. The van der Waals surface area contributed by atoms with Crippen LogP contribution in [0.1, 0.15) is 22.3 Å². The number of carbonyl (C=O) groups excluding carboxylic acids is 1. The summed E-state index contributed by atoms with van der Waals surface area (Å²) in [6.45, 7) is 1.32. The van der Waals surface area contributed by atoms with Crippen LogP contribution in [0, 0.1) is 0 Å². The lowest BCUT2D eigenvalue weighted by atomic mass is 10.0. The molecule has 5 nitrogen and oxygen atoms in total. The standard InChI is InChI=1S/C20H22O5/c1-22-19-10-8-15(11-20(19)23-2)17(21)9-7-14-5-3-4-6-18(14)25-13-16-12-24-16/h3-6,8,10-11,16H,7,9,12-13H2,1-2H3. The minimum absolute atomic E-state index is 0.0567. The Labute approximate surface area is 147 Å². The fourth-order valence-electron chi connectivity index (χ4n) is 2.60. The number of rotatable bonds is 9. The number of aryl methyl sites for hydroxylation is 1. The van der Waals surface area contributed by atoms with E-state index in [0.717, 1.165) is 17.9 Å². The van der Waals surface area contributed by atoms with Gasteiger partial charge in [0, 0.05) is 12.0 Å². The molecule has 0 spiro atoms. The lowest BCUT2D eigenvalue weighted by molar-refractivity contribution is 0.0982. The van der Waals surface area contributed by atoms with Gasteiger partial charge in [0.05, 0.1) is 20.8 Å². The van der Waals surface area contributed by atoms with Gasteiger partial charge >= 0.3 is 0 Å². The molecule has 0 N–H and O–H groups in total. The average Bonchev–Trinajstić information content (AvgIpc) is 3.48. The summed E-state index contributed by atoms with van der Waals surface area (Å²) in [7, 11) is 3.13. The number of carbonyl (C=O) groups is 1. The van der Waals surface area contributed by atoms with E-state index in [0.29, 0.717) is 36.5 Å². The highest BCUT2D eigenvalue weighted by atomic mass is 16.6. The van der Waals surface area contributed by atoms with Crippen LogP contribution < -0.4 is 14.2 Å². The molecule has 1 fully saturated rings. The minimum Gasteiger partial charge on any atom is -0.493 e. The smallest absolute Gasteiger partial charge is 0.163 e. The third-order valence-corrected chi connectivity index (χ3v) is 4.13. The molecule has 1 aliphatic rings. The first-order valence-electron chi connectivity index (χ1n) is 8.29. The highest BCUT2D eigenvalue weighted by molar-refractivity contribution is 5.96. The summed E-state index contributed by atoms with van der Waals surface area (Å²) in [6.07, 6.45) is 1.23. The summed E-state index contributed by atoms with van der Waals surface area (Å²) in [5.74, 6) is 2.04. The Morgan fingerprint density at radius 2 is 1.84 bits per heavy atom. The van der Waals surface area contributed by atoms with Crippen molar-refractivity contribution in [2.45, 2.75) is 18.9 Å². The van der Waals surface area contributed by atoms with Crippen molar-refractivity contribution in [2.24, 2.45) is 0 Å². The number of Topliss-reactive ketones (excluding diaryl/α,β-unsaturated/α-hetero) is 1. The Bertz CT molecular complexity index is 737. The average molecular weight is 342 g/mol. The highest BCUT2D eigenvalue weighted by Gasteiger charge is 2.23. The van der Waals surface area contributed by atoms with Crippen LogP contribution in [-0.2, 0) is 11.2 Å². The van der Waals surface area contributed by atoms with E-state index in [4.69, 9.17) is 18.9 Å². The SMILES string of the molecule is COc1ccc(C(=O)CCc2ccccc2OCC2CO2)cc1OC. The van der Waals surface area contributed by atoms with Crippen molar-refractivity contribution in [1.29, 1.82) is 0 Å². The number of ether oxygens (including phenoxy) is 4. The van der Waals surface area contributed by atoms with Gasteiger partial charge in [-0.05, 0) is 36.2 Å². The van der Waals surface area contributed by atoms with Crippen LogP contribution in [-0.4, -0.2) is 39.3 Å². The summed E-state index contributed by atoms with van der Waals surface area (Å²) < 4.78 is 21.4. The molecule has 0 radical (unpaired) electrons. The maximum absolute atomic E-state index is 12.5. The van der Waals surface area contributed by atoms with Crippen molar-refractivity contribution in [3.8, 4) is 17.2 Å². The van der Waals surface area contributed by atoms with Gasteiger partial charge in [-0.25, -0.2) is 0 Å². The molecule has 2 aromatic rings. The van der Waals surface area contributed by atoms with Crippen molar-refractivity contribution in [3.05, 3.63) is 53.6 Å². The molecule has 0 bridgehead atoms. The largest absolute Gasteiger partial charge is 0.493 e. The maximum atomic E-state index is 12.5. The molecule has 2 aromatic carbocycles. The summed E-state index contributed by atoms with van der Waals surface area (Å²) in [4.78, 5) is 12.5. The number of benzene rings is 2. The Morgan fingerprint density at radius 3 is 2.56 bits per heavy atom. The van der Waals surface area contributed by atoms with Crippen molar-refractivity contribution in [1.82, 2.24) is 0 Å². The van der Waals surface area contributed by atoms with Crippen molar-refractivity contribution in [2.75, 3.05) is 27.4 Å². The van der Waals surface area contributed by atoms with Gasteiger partial charge in [0.25, 0.3) is 0 Å². The zero-order valence-corrected chi connectivity index (χ0v) is 14.5. The number of hydrogen-bond donors (Lipinski definition) is 0. The molecule has 1 heterocycles. The Balaban J connectivity index is 1.64. The van der Waals surface area contributed by atoms with Crippen LogP contribution in [0.25, 0.3) is 0 Å². The lowest BCUT2D eigenvalue weighted by Crippen LogP contribution is -2.07. The number of methoxy groups -OCH3 is 2. The van der Waals surface area contributed by atoms with Crippen molar-refractivity contribution < 1.29 is 23.7 Å². The number of para-hydroxylation sites is 1. The van der Waals surface area contributed by atoms with Gasteiger partial charge < -0.3 is 18.9 Å². The van der Waals surface area contributed by atoms with Crippen LogP contribution in [0.3, 0.4) is 0 Å². The molecular weight excluding hydrogens is 320 g/mol. The third-order valence-electron chi connectivity index (χ3n) is 4.13. The molecule has 3 rings (SSSR count). The molecule has 1 atom stereocenters. The fraction of sp³-hybridized carbons (Fsp3) is 0.350. The van der Waals surface area contributed by atoms with Gasteiger partial charge in [-0.1, -0.05) is 18.2 Å². The van der Waals surface area contributed by atoms with E-state index >= 15 is 0 Å². The molecule has 0 saturated carbocycles. The number of ketones is 1. The van der Waals surface area contributed by atoms with Crippen molar-refractivity contribution in [3.63, 3.8) is 0 Å². The predicted molar refractivity (Wildman–Crippen MR) is 93.9 cm³/mol. The minimum atomic E-state index is 0.0567. The van der Waals surface area contributed by atoms with Gasteiger partial charge in [0.1, 0.15) is 18.5 Å². The van der Waals surface area contributed by atoms with Crippen LogP contribution in [0.4, 0.5) is 0 Å². The maximum Gasteiger partial charge on any atom is 0.163 e. The highest BCUT2D eigenvalue weighted by Crippen LogP contribution is 2.28. The molecule has 5 heteroatoms.